The van der Waals surface area contributed by atoms with Crippen LogP contribution in [-0.2, 0) is 19.1 Å². The van der Waals surface area contributed by atoms with Crippen molar-refractivity contribution in [1.82, 2.24) is 15.2 Å². The second-order valence-electron chi connectivity index (χ2n) is 12.7. The maximum absolute atomic E-state index is 13.8. The number of hydrogen-bond acceptors (Lipinski definition) is 7. The monoisotopic (exact) mass is 551 g/mol. The van der Waals surface area contributed by atoms with Crippen molar-refractivity contribution >= 4 is 28.9 Å². The second-order valence-corrected chi connectivity index (χ2v) is 12.7. The first kappa shape index (κ1) is 29.4. The number of carbonyl (C=O) groups is 3. The number of carbonyl (C=O) groups excluding carboxylic acids is 3. The Labute approximate surface area is 236 Å². The van der Waals surface area contributed by atoms with Crippen LogP contribution in [0.25, 0.3) is 10.9 Å². The molecular formula is C31H41N3O6. The molecule has 1 saturated heterocycles. The third-order valence-electron chi connectivity index (χ3n) is 7.03. The summed E-state index contributed by atoms with van der Waals surface area (Å²) in [7, 11) is 0. The first-order valence-electron chi connectivity index (χ1n) is 13.9. The molecule has 9 nitrogen and oxygen atoms in total. The summed E-state index contributed by atoms with van der Waals surface area (Å²) in [4.78, 5) is 46.2. The van der Waals surface area contributed by atoms with E-state index in [0.29, 0.717) is 25.0 Å². The van der Waals surface area contributed by atoms with Gasteiger partial charge in [0.15, 0.2) is 0 Å². The van der Waals surface area contributed by atoms with Crippen LogP contribution in [-0.4, -0.2) is 63.3 Å². The molecule has 2 amide bonds. The van der Waals surface area contributed by atoms with Gasteiger partial charge in [-0.3, -0.25) is 14.7 Å². The number of nitrogens with zero attached hydrogens (tertiary/aromatic N) is 2. The molecule has 1 aliphatic carbocycles. The van der Waals surface area contributed by atoms with Gasteiger partial charge in [-0.1, -0.05) is 18.2 Å². The van der Waals surface area contributed by atoms with Crippen molar-refractivity contribution in [3.8, 4) is 5.75 Å². The molecule has 2 heterocycles. The summed E-state index contributed by atoms with van der Waals surface area (Å²) in [5.41, 5.74) is -1.80. The number of nitrogens with one attached hydrogen (secondary N) is 1. The highest BCUT2D eigenvalue weighted by molar-refractivity contribution is 5.95. The minimum atomic E-state index is -1.13. The number of rotatable bonds is 8. The number of amides is 2. The fourth-order valence-corrected chi connectivity index (χ4v) is 5.13. The average Bonchev–Trinajstić information content (AvgIpc) is 3.38. The lowest BCUT2D eigenvalue weighted by atomic mass is 10.1. The minimum Gasteiger partial charge on any atom is -0.488 e. The maximum Gasteiger partial charge on any atom is 0.411 e. The van der Waals surface area contributed by atoms with E-state index in [1.165, 1.54) is 4.90 Å². The van der Waals surface area contributed by atoms with Crippen molar-refractivity contribution in [1.29, 1.82) is 0 Å². The van der Waals surface area contributed by atoms with Crippen LogP contribution in [0.5, 0.6) is 5.75 Å². The Balaban J connectivity index is 1.57. The highest BCUT2D eigenvalue weighted by atomic mass is 16.6. The van der Waals surface area contributed by atoms with Crippen LogP contribution in [0.15, 0.2) is 49.2 Å². The Kier molecular flexibility index (Phi) is 8.15. The molecule has 0 bridgehead atoms. The highest BCUT2D eigenvalue weighted by Gasteiger charge is 2.63. The zero-order valence-corrected chi connectivity index (χ0v) is 24.4. The molecule has 0 radical (unpaired) electrons. The number of benzene rings is 1. The standard InChI is InChI=1S/C31H41N3O6/c1-8-9-12-20-18-31(20,27(36)39-29(2,3)4)33-26(35)24-17-21(19-34(24)28(37)40-30(5,6)7)38-25-15-16-32-23-14-11-10-13-22(23)25/h8,10-11,13-16,20-21,24H,1,9,12,17-19H2,2-7H3,(H,33,35)/t20?,21-,24+,31+/m1/s1. The van der Waals surface area contributed by atoms with Crippen molar-refractivity contribution in [3.63, 3.8) is 0 Å². The van der Waals surface area contributed by atoms with Gasteiger partial charge in [0.2, 0.25) is 5.91 Å². The molecule has 1 saturated carbocycles. The van der Waals surface area contributed by atoms with Gasteiger partial charge in [0, 0.05) is 18.0 Å². The molecule has 216 valence electrons. The van der Waals surface area contributed by atoms with Gasteiger partial charge in [0.25, 0.3) is 0 Å². The second kappa shape index (κ2) is 11.1. The van der Waals surface area contributed by atoms with Gasteiger partial charge in [0.1, 0.15) is 34.6 Å². The molecule has 2 aromatic rings. The number of ether oxygens (including phenoxy) is 3. The highest BCUT2D eigenvalue weighted by Crippen LogP contribution is 2.48. The first-order chi connectivity index (χ1) is 18.7. The smallest absolute Gasteiger partial charge is 0.411 e. The van der Waals surface area contributed by atoms with Gasteiger partial charge in [-0.15, -0.1) is 6.58 Å². The van der Waals surface area contributed by atoms with E-state index in [1.54, 1.807) is 59.9 Å². The Morgan fingerprint density at radius 2 is 1.80 bits per heavy atom. The Morgan fingerprint density at radius 3 is 2.48 bits per heavy atom. The van der Waals surface area contributed by atoms with Gasteiger partial charge in [-0.05, 0) is 84.9 Å². The van der Waals surface area contributed by atoms with Gasteiger partial charge >= 0.3 is 12.1 Å². The minimum absolute atomic E-state index is 0.0732. The van der Waals surface area contributed by atoms with Crippen LogP contribution in [0.4, 0.5) is 4.79 Å². The molecule has 4 rings (SSSR count). The number of fused-ring (bicyclic) bond motifs is 1. The first-order valence-corrected chi connectivity index (χ1v) is 13.9. The SMILES string of the molecule is C=CCCC1C[C@@]1(NC(=O)[C@@H]1C[C@@H](Oc2ccnc3ccccc23)CN1C(=O)OC(C)(C)C)C(=O)OC(C)(C)C. The fraction of sp³-hybridized carbons (Fsp3) is 0.548. The van der Waals surface area contributed by atoms with Crippen LogP contribution in [0.2, 0.25) is 0 Å². The Hall–Kier alpha value is -3.62. The fourth-order valence-electron chi connectivity index (χ4n) is 5.13. The summed E-state index contributed by atoms with van der Waals surface area (Å²) in [6.45, 7) is 14.7. The molecule has 0 spiro atoms. The molecule has 9 heteroatoms. The van der Waals surface area contributed by atoms with Crippen LogP contribution < -0.4 is 10.1 Å². The van der Waals surface area contributed by atoms with Crippen molar-refractivity contribution in [3.05, 3.63) is 49.2 Å². The van der Waals surface area contributed by atoms with E-state index in [9.17, 15) is 14.4 Å². The number of hydrogen-bond donors (Lipinski definition) is 1. The Morgan fingerprint density at radius 1 is 1.10 bits per heavy atom. The molecule has 1 unspecified atom stereocenters. The van der Waals surface area contributed by atoms with E-state index in [2.05, 4.69) is 16.9 Å². The van der Waals surface area contributed by atoms with Gasteiger partial charge in [0.05, 0.1) is 12.1 Å². The summed E-state index contributed by atoms with van der Waals surface area (Å²) >= 11 is 0. The van der Waals surface area contributed by atoms with Crippen molar-refractivity contribution in [2.45, 2.75) is 96.1 Å². The number of pyridine rings is 1. The van der Waals surface area contributed by atoms with Crippen LogP contribution >= 0.6 is 0 Å². The van der Waals surface area contributed by atoms with E-state index in [4.69, 9.17) is 14.2 Å². The van der Waals surface area contributed by atoms with Crippen molar-refractivity contribution in [2.24, 2.45) is 5.92 Å². The lowest BCUT2D eigenvalue weighted by Crippen LogP contribution is -2.54. The van der Waals surface area contributed by atoms with E-state index >= 15 is 0 Å². The molecule has 2 aliphatic rings. The number of allylic oxidation sites excluding steroid dienone is 1. The Bertz CT molecular complexity index is 1270. The molecule has 1 N–H and O–H groups in total. The maximum atomic E-state index is 13.8. The molecule has 40 heavy (non-hydrogen) atoms. The topological polar surface area (TPSA) is 107 Å². The summed E-state index contributed by atoms with van der Waals surface area (Å²) in [5.74, 6) is -0.336. The third-order valence-corrected chi connectivity index (χ3v) is 7.03. The summed E-state index contributed by atoms with van der Waals surface area (Å²) < 4.78 is 17.7. The van der Waals surface area contributed by atoms with Crippen molar-refractivity contribution in [2.75, 3.05) is 6.54 Å². The molecule has 2 fully saturated rings. The predicted octanol–water partition coefficient (Wildman–Crippen LogP) is 5.17. The molecule has 1 aromatic carbocycles. The normalized spacial score (nSPS) is 24.4. The zero-order chi connectivity index (χ0) is 29.3. The molecule has 1 aliphatic heterocycles. The third kappa shape index (κ3) is 6.74. The van der Waals surface area contributed by atoms with Crippen molar-refractivity contribution < 1.29 is 28.6 Å². The summed E-state index contributed by atoms with van der Waals surface area (Å²) in [5, 5.41) is 3.83. The quantitative estimate of drug-likeness (QED) is 0.356. The van der Waals surface area contributed by atoms with E-state index in [1.807, 2.05) is 24.3 Å². The lowest BCUT2D eigenvalue weighted by molar-refractivity contribution is -0.161. The molecule has 4 atom stereocenters. The number of likely N-dealkylation sites (tertiary alicyclic amines) is 1. The van der Waals surface area contributed by atoms with E-state index in [-0.39, 0.29) is 18.9 Å². The number of esters is 1. The number of aromatic nitrogens is 1. The van der Waals surface area contributed by atoms with Gasteiger partial charge < -0.3 is 19.5 Å². The van der Waals surface area contributed by atoms with Gasteiger partial charge in [-0.25, -0.2) is 9.59 Å². The molecule has 1 aromatic heterocycles. The predicted molar refractivity (Wildman–Crippen MR) is 152 cm³/mol. The summed E-state index contributed by atoms with van der Waals surface area (Å²) in [6, 6.07) is 8.52. The summed E-state index contributed by atoms with van der Waals surface area (Å²) in [6.07, 6.45) is 4.52. The van der Waals surface area contributed by atoms with Crippen LogP contribution in [0.3, 0.4) is 0 Å². The van der Waals surface area contributed by atoms with Crippen LogP contribution in [0.1, 0.15) is 67.2 Å². The van der Waals surface area contributed by atoms with E-state index < -0.39 is 46.9 Å². The molecular weight excluding hydrogens is 510 g/mol. The average molecular weight is 552 g/mol. The number of para-hydroxylation sites is 1. The van der Waals surface area contributed by atoms with E-state index in [0.717, 1.165) is 10.9 Å². The van der Waals surface area contributed by atoms with Crippen LogP contribution in [0, 0.1) is 5.92 Å². The largest absolute Gasteiger partial charge is 0.488 e. The lowest BCUT2D eigenvalue weighted by Gasteiger charge is -2.30. The zero-order valence-electron chi connectivity index (χ0n) is 24.4. The van der Waals surface area contributed by atoms with Gasteiger partial charge in [-0.2, -0.15) is 0 Å².